The van der Waals surface area contributed by atoms with Crippen LogP contribution in [0, 0.1) is 11.8 Å². The van der Waals surface area contributed by atoms with Gasteiger partial charge in [0.2, 0.25) is 5.91 Å². The van der Waals surface area contributed by atoms with Gasteiger partial charge in [0.1, 0.15) is 0 Å². The number of carbonyl (C=O) groups is 2. The fourth-order valence-electron chi connectivity index (χ4n) is 3.01. The molecule has 2 N–H and O–H groups in total. The molecule has 0 unspecified atom stereocenters. The van der Waals surface area contributed by atoms with E-state index in [1.165, 1.54) is 0 Å². The molecule has 1 aliphatic rings. The molecule has 5 heteroatoms. The quantitative estimate of drug-likeness (QED) is 0.841. The summed E-state index contributed by atoms with van der Waals surface area (Å²) in [5.74, 6) is 0.460. The standard InChI is InChI=1S/C19H29N3O2/c1-13(2)12-20-19(24)16-11-15(9-10-17(16)22(3)4)21-18(23)14-7-5-6-8-14/h9-11,13-14H,5-8,12H2,1-4H3,(H,20,24)(H,21,23). The maximum Gasteiger partial charge on any atom is 0.253 e. The summed E-state index contributed by atoms with van der Waals surface area (Å²) < 4.78 is 0. The average molecular weight is 331 g/mol. The van der Waals surface area contributed by atoms with Crippen LogP contribution >= 0.6 is 0 Å². The molecule has 1 fully saturated rings. The van der Waals surface area contributed by atoms with Gasteiger partial charge in [0.25, 0.3) is 5.91 Å². The number of amides is 2. The Balaban J connectivity index is 2.16. The van der Waals surface area contributed by atoms with Crippen molar-refractivity contribution in [3.05, 3.63) is 23.8 Å². The second-order valence-electron chi connectivity index (χ2n) is 7.20. The maximum atomic E-state index is 12.5. The number of benzene rings is 1. The Kier molecular flexibility index (Phi) is 6.23. The van der Waals surface area contributed by atoms with Crippen LogP contribution in [0.1, 0.15) is 49.9 Å². The third-order valence-corrected chi connectivity index (χ3v) is 4.39. The van der Waals surface area contributed by atoms with Crippen LogP contribution in [0.2, 0.25) is 0 Å². The highest BCUT2D eigenvalue weighted by atomic mass is 16.2. The zero-order valence-electron chi connectivity index (χ0n) is 15.2. The number of rotatable bonds is 6. The molecule has 0 heterocycles. The van der Waals surface area contributed by atoms with E-state index < -0.39 is 0 Å². The SMILES string of the molecule is CC(C)CNC(=O)c1cc(NC(=O)C2CCCC2)ccc1N(C)C. The summed E-state index contributed by atoms with van der Waals surface area (Å²) in [7, 11) is 3.82. The number of hydrogen-bond acceptors (Lipinski definition) is 3. The lowest BCUT2D eigenvalue weighted by molar-refractivity contribution is -0.119. The lowest BCUT2D eigenvalue weighted by Crippen LogP contribution is -2.29. The van der Waals surface area contributed by atoms with Gasteiger partial charge in [0, 0.05) is 37.9 Å². The van der Waals surface area contributed by atoms with E-state index in [4.69, 9.17) is 0 Å². The molecular formula is C19H29N3O2. The highest BCUT2D eigenvalue weighted by Gasteiger charge is 2.23. The first-order valence-corrected chi connectivity index (χ1v) is 8.79. The van der Waals surface area contributed by atoms with Crippen LogP contribution in [0.15, 0.2) is 18.2 Å². The van der Waals surface area contributed by atoms with E-state index in [9.17, 15) is 9.59 Å². The Morgan fingerprint density at radius 3 is 2.46 bits per heavy atom. The van der Waals surface area contributed by atoms with Crippen molar-refractivity contribution in [3.63, 3.8) is 0 Å². The fourth-order valence-corrected chi connectivity index (χ4v) is 3.01. The molecule has 0 aliphatic heterocycles. The molecule has 0 saturated heterocycles. The predicted molar refractivity (Wildman–Crippen MR) is 98.5 cm³/mol. The zero-order chi connectivity index (χ0) is 17.7. The van der Waals surface area contributed by atoms with E-state index in [0.29, 0.717) is 23.7 Å². The molecule has 2 amide bonds. The summed E-state index contributed by atoms with van der Waals surface area (Å²) in [6.45, 7) is 4.75. The van der Waals surface area contributed by atoms with Crippen LogP contribution in [-0.2, 0) is 4.79 Å². The third-order valence-electron chi connectivity index (χ3n) is 4.39. The van der Waals surface area contributed by atoms with E-state index in [1.807, 2.05) is 31.1 Å². The average Bonchev–Trinajstić information content (AvgIpc) is 3.06. The molecule has 0 atom stereocenters. The van der Waals surface area contributed by atoms with Crippen LogP contribution in [0.5, 0.6) is 0 Å². The molecule has 1 saturated carbocycles. The van der Waals surface area contributed by atoms with Crippen LogP contribution in [-0.4, -0.2) is 32.5 Å². The van der Waals surface area contributed by atoms with Gasteiger partial charge in [-0.25, -0.2) is 0 Å². The van der Waals surface area contributed by atoms with E-state index >= 15 is 0 Å². The molecule has 24 heavy (non-hydrogen) atoms. The van der Waals surface area contributed by atoms with Crippen LogP contribution in [0.4, 0.5) is 11.4 Å². The molecule has 1 aromatic rings. The first-order chi connectivity index (χ1) is 11.4. The summed E-state index contributed by atoms with van der Waals surface area (Å²) in [5.41, 5.74) is 2.12. The van der Waals surface area contributed by atoms with Crippen molar-refractivity contribution in [1.82, 2.24) is 5.32 Å². The topological polar surface area (TPSA) is 61.4 Å². The molecule has 1 aromatic carbocycles. The molecule has 0 bridgehead atoms. The summed E-state index contributed by atoms with van der Waals surface area (Å²) in [4.78, 5) is 26.7. The molecule has 2 rings (SSSR count). The fraction of sp³-hybridized carbons (Fsp3) is 0.579. The number of anilines is 2. The maximum absolute atomic E-state index is 12.5. The van der Waals surface area contributed by atoms with Crippen LogP contribution < -0.4 is 15.5 Å². The van der Waals surface area contributed by atoms with Crippen LogP contribution in [0.3, 0.4) is 0 Å². The van der Waals surface area contributed by atoms with Crippen LogP contribution in [0.25, 0.3) is 0 Å². The number of hydrogen-bond donors (Lipinski definition) is 2. The summed E-state index contributed by atoms with van der Waals surface area (Å²) in [6, 6.07) is 5.52. The zero-order valence-corrected chi connectivity index (χ0v) is 15.2. The van der Waals surface area contributed by atoms with Crippen molar-refractivity contribution >= 4 is 23.2 Å². The van der Waals surface area contributed by atoms with Crippen molar-refractivity contribution in [2.45, 2.75) is 39.5 Å². The highest BCUT2D eigenvalue weighted by Crippen LogP contribution is 2.27. The van der Waals surface area contributed by atoms with E-state index in [2.05, 4.69) is 24.5 Å². The van der Waals surface area contributed by atoms with Gasteiger partial charge < -0.3 is 15.5 Å². The lowest BCUT2D eigenvalue weighted by atomic mass is 10.1. The third kappa shape index (κ3) is 4.73. The molecular weight excluding hydrogens is 302 g/mol. The minimum absolute atomic E-state index is 0.0682. The van der Waals surface area contributed by atoms with Gasteiger partial charge in [-0.05, 0) is 37.0 Å². The Morgan fingerprint density at radius 1 is 1.21 bits per heavy atom. The molecule has 0 spiro atoms. The Bertz CT molecular complexity index is 590. The highest BCUT2D eigenvalue weighted by molar-refractivity contribution is 6.02. The van der Waals surface area contributed by atoms with Crippen molar-refractivity contribution in [3.8, 4) is 0 Å². The normalized spacial score (nSPS) is 14.7. The van der Waals surface area contributed by atoms with Gasteiger partial charge >= 0.3 is 0 Å². The minimum Gasteiger partial charge on any atom is -0.377 e. The van der Waals surface area contributed by atoms with E-state index in [0.717, 1.165) is 31.4 Å². The van der Waals surface area contributed by atoms with E-state index in [-0.39, 0.29) is 17.7 Å². The second kappa shape index (κ2) is 8.18. The van der Waals surface area contributed by atoms with Gasteiger partial charge in [0.15, 0.2) is 0 Å². The lowest BCUT2D eigenvalue weighted by Gasteiger charge is -2.19. The van der Waals surface area contributed by atoms with Gasteiger partial charge in [-0.3, -0.25) is 9.59 Å². The number of carbonyl (C=O) groups excluding carboxylic acids is 2. The van der Waals surface area contributed by atoms with Gasteiger partial charge in [-0.2, -0.15) is 0 Å². The molecule has 0 radical (unpaired) electrons. The van der Waals surface area contributed by atoms with Crippen molar-refractivity contribution in [2.24, 2.45) is 11.8 Å². The minimum atomic E-state index is -0.107. The van der Waals surface area contributed by atoms with Gasteiger partial charge in [-0.15, -0.1) is 0 Å². The Morgan fingerprint density at radius 2 is 1.88 bits per heavy atom. The Labute approximate surface area is 144 Å². The number of nitrogens with one attached hydrogen (secondary N) is 2. The van der Waals surface area contributed by atoms with Crippen molar-refractivity contribution in [1.29, 1.82) is 0 Å². The Hall–Kier alpha value is -2.04. The monoisotopic (exact) mass is 331 g/mol. The smallest absolute Gasteiger partial charge is 0.253 e. The second-order valence-corrected chi connectivity index (χ2v) is 7.20. The first kappa shape index (κ1) is 18.3. The molecule has 132 valence electrons. The molecule has 5 nitrogen and oxygen atoms in total. The summed E-state index contributed by atoms with van der Waals surface area (Å²) in [6.07, 6.45) is 4.17. The predicted octanol–water partition coefficient (Wildman–Crippen LogP) is 3.27. The van der Waals surface area contributed by atoms with Gasteiger partial charge in [-0.1, -0.05) is 26.7 Å². The molecule has 1 aliphatic carbocycles. The molecule has 0 aromatic heterocycles. The number of nitrogens with zero attached hydrogens (tertiary/aromatic N) is 1. The largest absolute Gasteiger partial charge is 0.377 e. The van der Waals surface area contributed by atoms with E-state index in [1.54, 1.807) is 6.07 Å². The van der Waals surface area contributed by atoms with Crippen molar-refractivity contribution < 1.29 is 9.59 Å². The first-order valence-electron chi connectivity index (χ1n) is 8.79. The summed E-state index contributed by atoms with van der Waals surface area (Å²) in [5, 5.41) is 5.92. The van der Waals surface area contributed by atoms with Gasteiger partial charge in [0.05, 0.1) is 5.56 Å². The van der Waals surface area contributed by atoms with Crippen molar-refractivity contribution in [2.75, 3.05) is 30.9 Å². The summed E-state index contributed by atoms with van der Waals surface area (Å²) >= 11 is 0.